The van der Waals surface area contributed by atoms with Crippen LogP contribution >= 0.6 is 0 Å². The Labute approximate surface area is 100 Å². The van der Waals surface area contributed by atoms with E-state index in [1.165, 1.54) is 12.1 Å². The molecule has 1 N–H and O–H groups in total. The van der Waals surface area contributed by atoms with Gasteiger partial charge < -0.3 is 9.84 Å². The molecule has 0 aliphatic heterocycles. The highest BCUT2D eigenvalue weighted by molar-refractivity contribution is 5.75. The third-order valence-corrected chi connectivity index (χ3v) is 2.05. The topological polar surface area (TPSA) is 46.5 Å². The van der Waals surface area contributed by atoms with Crippen molar-refractivity contribution < 1.29 is 19.0 Å². The molecule has 0 aliphatic carbocycles. The van der Waals surface area contributed by atoms with Crippen LogP contribution in [0.2, 0.25) is 0 Å². The van der Waals surface area contributed by atoms with Crippen LogP contribution in [0, 0.1) is 5.82 Å². The first-order valence-corrected chi connectivity index (χ1v) is 5.44. The Morgan fingerprint density at radius 1 is 1.41 bits per heavy atom. The number of ether oxygens (including phenoxy) is 1. The first kappa shape index (κ1) is 13.6. The second-order valence-electron chi connectivity index (χ2n) is 4.84. The molecule has 1 aromatic carbocycles. The molecule has 0 aromatic heterocycles. The van der Waals surface area contributed by atoms with E-state index in [1.807, 2.05) is 0 Å². The molecular weight excluding hydrogens is 223 g/mol. The predicted octanol–water partition coefficient (Wildman–Crippen LogP) is 2.07. The lowest BCUT2D eigenvalue weighted by atomic mass is 10.1. The SMILES string of the molecule is CC(C)(C)OC(=O)[C@@H](O)Cc1ccccc1F. The maximum Gasteiger partial charge on any atom is 0.335 e. The Kier molecular flexibility index (Phi) is 4.23. The first-order chi connectivity index (χ1) is 7.79. The number of esters is 1. The summed E-state index contributed by atoms with van der Waals surface area (Å²) in [5, 5.41) is 9.62. The zero-order valence-electron chi connectivity index (χ0n) is 10.2. The zero-order valence-corrected chi connectivity index (χ0v) is 10.2. The third-order valence-electron chi connectivity index (χ3n) is 2.05. The Morgan fingerprint density at radius 3 is 2.53 bits per heavy atom. The quantitative estimate of drug-likeness (QED) is 0.823. The van der Waals surface area contributed by atoms with Gasteiger partial charge in [-0.25, -0.2) is 9.18 Å². The van der Waals surface area contributed by atoms with Crippen LogP contribution in [-0.2, 0) is 16.0 Å². The van der Waals surface area contributed by atoms with E-state index in [0.717, 1.165) is 0 Å². The molecule has 0 bridgehead atoms. The van der Waals surface area contributed by atoms with Crippen molar-refractivity contribution in [2.75, 3.05) is 0 Å². The number of carbonyl (C=O) groups excluding carboxylic acids is 1. The van der Waals surface area contributed by atoms with Crippen LogP contribution in [0.3, 0.4) is 0 Å². The van der Waals surface area contributed by atoms with Gasteiger partial charge in [0.05, 0.1) is 0 Å². The summed E-state index contributed by atoms with van der Waals surface area (Å²) in [6.07, 6.45) is -1.42. The first-order valence-electron chi connectivity index (χ1n) is 5.44. The van der Waals surface area contributed by atoms with E-state index in [9.17, 15) is 14.3 Å². The second-order valence-corrected chi connectivity index (χ2v) is 4.84. The molecule has 0 amide bonds. The number of halogens is 1. The smallest absolute Gasteiger partial charge is 0.335 e. The van der Waals surface area contributed by atoms with Gasteiger partial charge in [-0.15, -0.1) is 0 Å². The zero-order chi connectivity index (χ0) is 13.1. The number of aliphatic hydroxyl groups excluding tert-OH is 1. The second kappa shape index (κ2) is 5.27. The lowest BCUT2D eigenvalue weighted by molar-refractivity contribution is -0.164. The van der Waals surface area contributed by atoms with Gasteiger partial charge in [-0.3, -0.25) is 0 Å². The predicted molar refractivity (Wildman–Crippen MR) is 62.0 cm³/mol. The van der Waals surface area contributed by atoms with Gasteiger partial charge in [0, 0.05) is 6.42 Å². The number of hydrogen-bond acceptors (Lipinski definition) is 3. The highest BCUT2D eigenvalue weighted by Gasteiger charge is 2.24. The monoisotopic (exact) mass is 240 g/mol. The molecule has 0 aliphatic rings. The minimum absolute atomic E-state index is 0.0818. The summed E-state index contributed by atoms with van der Waals surface area (Å²) < 4.78 is 18.3. The van der Waals surface area contributed by atoms with Gasteiger partial charge >= 0.3 is 5.97 Å². The van der Waals surface area contributed by atoms with Crippen molar-refractivity contribution in [3.63, 3.8) is 0 Å². The summed E-state index contributed by atoms with van der Waals surface area (Å²) in [5.41, 5.74) is -0.362. The van der Waals surface area contributed by atoms with E-state index in [-0.39, 0.29) is 6.42 Å². The lowest BCUT2D eigenvalue weighted by Crippen LogP contribution is -2.33. The Hall–Kier alpha value is -1.42. The highest BCUT2D eigenvalue weighted by atomic mass is 19.1. The van der Waals surface area contributed by atoms with E-state index in [0.29, 0.717) is 5.56 Å². The van der Waals surface area contributed by atoms with Crippen molar-refractivity contribution >= 4 is 5.97 Å². The van der Waals surface area contributed by atoms with Crippen molar-refractivity contribution in [2.45, 2.75) is 38.9 Å². The van der Waals surface area contributed by atoms with Crippen molar-refractivity contribution in [1.82, 2.24) is 0 Å². The third kappa shape index (κ3) is 4.53. The number of aliphatic hydroxyl groups is 1. The summed E-state index contributed by atoms with van der Waals surface area (Å²) >= 11 is 0. The summed E-state index contributed by atoms with van der Waals surface area (Å²) in [6, 6.07) is 6.03. The van der Waals surface area contributed by atoms with Crippen LogP contribution in [-0.4, -0.2) is 22.8 Å². The number of benzene rings is 1. The molecular formula is C13H17FO3. The van der Waals surface area contributed by atoms with Crippen molar-refractivity contribution in [3.05, 3.63) is 35.6 Å². The average Bonchev–Trinajstić information content (AvgIpc) is 2.18. The van der Waals surface area contributed by atoms with Crippen LogP contribution < -0.4 is 0 Å². The van der Waals surface area contributed by atoms with E-state index in [2.05, 4.69) is 0 Å². The van der Waals surface area contributed by atoms with Gasteiger partial charge in [0.15, 0.2) is 6.10 Å². The number of carbonyl (C=O) groups is 1. The molecule has 4 heteroatoms. The average molecular weight is 240 g/mol. The molecule has 1 rings (SSSR count). The Balaban J connectivity index is 2.64. The number of hydrogen-bond donors (Lipinski definition) is 1. The van der Waals surface area contributed by atoms with Gasteiger partial charge in [0.25, 0.3) is 0 Å². The molecule has 94 valence electrons. The van der Waals surface area contributed by atoms with E-state index < -0.39 is 23.5 Å². The molecule has 0 fully saturated rings. The molecule has 1 atom stereocenters. The maximum absolute atomic E-state index is 13.3. The molecule has 0 spiro atoms. The van der Waals surface area contributed by atoms with Crippen LogP contribution in [0.15, 0.2) is 24.3 Å². The highest BCUT2D eigenvalue weighted by Crippen LogP contribution is 2.13. The van der Waals surface area contributed by atoms with Crippen molar-refractivity contribution in [2.24, 2.45) is 0 Å². The molecule has 0 radical (unpaired) electrons. The van der Waals surface area contributed by atoms with Gasteiger partial charge in [-0.1, -0.05) is 18.2 Å². The van der Waals surface area contributed by atoms with E-state index in [1.54, 1.807) is 32.9 Å². The molecule has 0 saturated heterocycles. The molecule has 0 saturated carbocycles. The summed E-state index contributed by atoms with van der Waals surface area (Å²) in [5.74, 6) is -1.17. The largest absolute Gasteiger partial charge is 0.458 e. The fourth-order valence-electron chi connectivity index (χ4n) is 1.33. The van der Waals surface area contributed by atoms with Gasteiger partial charge in [-0.05, 0) is 32.4 Å². The summed E-state index contributed by atoms with van der Waals surface area (Å²) in [4.78, 5) is 11.5. The molecule has 0 heterocycles. The van der Waals surface area contributed by atoms with Crippen LogP contribution in [0.4, 0.5) is 4.39 Å². The molecule has 0 unspecified atom stereocenters. The van der Waals surface area contributed by atoms with Crippen LogP contribution in [0.1, 0.15) is 26.3 Å². The minimum atomic E-state index is -1.34. The fourth-order valence-corrected chi connectivity index (χ4v) is 1.33. The van der Waals surface area contributed by atoms with Crippen LogP contribution in [0.25, 0.3) is 0 Å². The minimum Gasteiger partial charge on any atom is -0.458 e. The molecule has 3 nitrogen and oxygen atoms in total. The fraction of sp³-hybridized carbons (Fsp3) is 0.462. The normalized spacial score (nSPS) is 13.2. The van der Waals surface area contributed by atoms with Gasteiger partial charge in [0.1, 0.15) is 11.4 Å². The molecule has 17 heavy (non-hydrogen) atoms. The lowest BCUT2D eigenvalue weighted by Gasteiger charge is -2.21. The van der Waals surface area contributed by atoms with Gasteiger partial charge in [0.2, 0.25) is 0 Å². The number of rotatable bonds is 3. The Morgan fingerprint density at radius 2 is 2.00 bits per heavy atom. The Bertz CT molecular complexity index is 396. The summed E-state index contributed by atoms with van der Waals surface area (Å²) in [7, 11) is 0. The van der Waals surface area contributed by atoms with E-state index in [4.69, 9.17) is 4.74 Å². The van der Waals surface area contributed by atoms with Crippen molar-refractivity contribution in [3.8, 4) is 0 Å². The van der Waals surface area contributed by atoms with Crippen LogP contribution in [0.5, 0.6) is 0 Å². The maximum atomic E-state index is 13.3. The molecule has 1 aromatic rings. The van der Waals surface area contributed by atoms with E-state index >= 15 is 0 Å². The standard InChI is InChI=1S/C13H17FO3/c1-13(2,3)17-12(16)11(15)8-9-6-4-5-7-10(9)14/h4-7,11,15H,8H2,1-3H3/t11-/m0/s1. The van der Waals surface area contributed by atoms with Gasteiger partial charge in [-0.2, -0.15) is 0 Å². The van der Waals surface area contributed by atoms with Crippen molar-refractivity contribution in [1.29, 1.82) is 0 Å². The summed E-state index contributed by atoms with van der Waals surface area (Å²) in [6.45, 7) is 5.13.